The molecular formula is C29H34N4O5S. The normalized spacial score (nSPS) is 11.6. The van der Waals surface area contributed by atoms with E-state index in [4.69, 9.17) is 4.52 Å². The van der Waals surface area contributed by atoms with E-state index >= 15 is 0 Å². The number of nitrogens with one attached hydrogen (secondary N) is 1. The number of rotatable bonds is 11. The molecule has 10 heteroatoms. The maximum Gasteiger partial charge on any atom is 0.354 e. The lowest BCUT2D eigenvalue weighted by Gasteiger charge is -2.16. The van der Waals surface area contributed by atoms with Gasteiger partial charge in [-0.2, -0.15) is 0 Å². The van der Waals surface area contributed by atoms with E-state index in [1.165, 1.54) is 0 Å². The fourth-order valence-electron chi connectivity index (χ4n) is 4.72. The molecule has 2 heterocycles. The summed E-state index contributed by atoms with van der Waals surface area (Å²) in [6, 6.07) is 12.7. The highest BCUT2D eigenvalue weighted by Crippen LogP contribution is 2.33. The number of nitrogens with zero attached hydrogens (tertiary/aromatic N) is 3. The van der Waals surface area contributed by atoms with Crippen molar-refractivity contribution in [1.29, 1.82) is 0 Å². The van der Waals surface area contributed by atoms with Crippen LogP contribution < -0.4 is 4.72 Å². The minimum Gasteiger partial charge on any atom is -0.477 e. The Labute approximate surface area is 228 Å². The monoisotopic (exact) mass is 550 g/mol. The molecule has 4 rings (SSSR count). The number of hydrogen-bond acceptors (Lipinski definition) is 6. The fraction of sp³-hybridized carbons (Fsp3) is 0.345. The van der Waals surface area contributed by atoms with Crippen LogP contribution >= 0.6 is 0 Å². The minimum atomic E-state index is -3.97. The maximum absolute atomic E-state index is 13.4. The van der Waals surface area contributed by atoms with E-state index < -0.39 is 16.0 Å². The van der Waals surface area contributed by atoms with Crippen LogP contribution in [0.25, 0.3) is 11.1 Å². The van der Waals surface area contributed by atoms with Gasteiger partial charge in [-0.1, -0.05) is 62.3 Å². The fourth-order valence-corrected chi connectivity index (χ4v) is 5.99. The number of carbonyl (C=O) groups is 1. The molecule has 206 valence electrons. The molecule has 0 aliphatic carbocycles. The van der Waals surface area contributed by atoms with Crippen LogP contribution in [0.3, 0.4) is 0 Å². The highest BCUT2D eigenvalue weighted by molar-refractivity contribution is 7.92. The number of benzene rings is 2. The molecule has 9 nitrogen and oxygen atoms in total. The highest BCUT2D eigenvalue weighted by Gasteiger charge is 2.25. The molecule has 0 radical (unpaired) electrons. The van der Waals surface area contributed by atoms with Crippen LogP contribution in [-0.4, -0.2) is 34.2 Å². The third-order valence-corrected chi connectivity index (χ3v) is 8.26. The Morgan fingerprint density at radius 1 is 1.05 bits per heavy atom. The lowest BCUT2D eigenvalue weighted by Crippen LogP contribution is -2.15. The third-order valence-electron chi connectivity index (χ3n) is 6.87. The second-order valence-corrected chi connectivity index (χ2v) is 11.1. The van der Waals surface area contributed by atoms with Crippen molar-refractivity contribution in [2.24, 2.45) is 0 Å². The Bertz CT molecular complexity index is 1620. The van der Waals surface area contributed by atoms with Crippen molar-refractivity contribution in [3.8, 4) is 11.1 Å². The average molecular weight is 551 g/mol. The van der Waals surface area contributed by atoms with E-state index in [2.05, 4.69) is 14.9 Å². The van der Waals surface area contributed by atoms with Gasteiger partial charge < -0.3 is 14.2 Å². The molecule has 0 aliphatic rings. The van der Waals surface area contributed by atoms with Gasteiger partial charge in [0.15, 0.2) is 5.69 Å². The number of imidazole rings is 1. The molecule has 0 saturated carbocycles. The van der Waals surface area contributed by atoms with Crippen LogP contribution in [0.2, 0.25) is 0 Å². The predicted octanol–water partition coefficient (Wildman–Crippen LogP) is 5.78. The van der Waals surface area contributed by atoms with Crippen LogP contribution in [0.1, 0.15) is 71.6 Å². The van der Waals surface area contributed by atoms with Gasteiger partial charge in [0.2, 0.25) is 5.88 Å². The molecule has 0 fully saturated rings. The quantitative estimate of drug-likeness (QED) is 0.242. The number of aromatic carboxylic acids is 1. The molecular weight excluding hydrogens is 516 g/mol. The Kier molecular flexibility index (Phi) is 8.25. The zero-order chi connectivity index (χ0) is 28.3. The molecule has 2 aromatic carbocycles. The van der Waals surface area contributed by atoms with Crippen molar-refractivity contribution in [3.63, 3.8) is 0 Å². The zero-order valence-electron chi connectivity index (χ0n) is 22.9. The zero-order valence-corrected chi connectivity index (χ0v) is 23.7. The number of carboxylic acid groups (broad SMARTS) is 1. The molecule has 0 spiro atoms. The average Bonchev–Trinajstić information content (AvgIpc) is 3.42. The van der Waals surface area contributed by atoms with Gasteiger partial charge in [0.05, 0.1) is 16.3 Å². The Hall–Kier alpha value is -3.92. The Morgan fingerprint density at radius 3 is 2.41 bits per heavy atom. The van der Waals surface area contributed by atoms with Crippen LogP contribution in [0.4, 0.5) is 5.88 Å². The molecule has 0 atom stereocenters. The smallest absolute Gasteiger partial charge is 0.354 e. The third kappa shape index (κ3) is 5.61. The number of aryl methyl sites for hydroxylation is 4. The summed E-state index contributed by atoms with van der Waals surface area (Å²) in [4.78, 5) is 16.9. The first-order valence-corrected chi connectivity index (χ1v) is 14.6. The largest absolute Gasteiger partial charge is 0.477 e. The van der Waals surface area contributed by atoms with Crippen molar-refractivity contribution in [1.82, 2.24) is 14.7 Å². The number of anilines is 1. The van der Waals surface area contributed by atoms with E-state index in [9.17, 15) is 18.3 Å². The van der Waals surface area contributed by atoms with Crippen LogP contribution in [-0.2, 0) is 35.8 Å². The molecule has 2 N–H and O–H groups in total. The van der Waals surface area contributed by atoms with E-state index in [1.54, 1.807) is 42.7 Å². The molecule has 0 unspecified atom stereocenters. The minimum absolute atomic E-state index is 0.0947. The van der Waals surface area contributed by atoms with E-state index in [1.807, 2.05) is 39.0 Å². The van der Waals surface area contributed by atoms with Gasteiger partial charge in [-0.3, -0.25) is 0 Å². The Balaban J connectivity index is 1.75. The first kappa shape index (κ1) is 28.1. The van der Waals surface area contributed by atoms with Gasteiger partial charge in [-0.05, 0) is 55.9 Å². The van der Waals surface area contributed by atoms with Gasteiger partial charge >= 0.3 is 5.97 Å². The van der Waals surface area contributed by atoms with E-state index in [-0.39, 0.29) is 16.5 Å². The van der Waals surface area contributed by atoms with Crippen molar-refractivity contribution in [2.75, 3.05) is 4.72 Å². The van der Waals surface area contributed by atoms with Crippen LogP contribution in [0, 0.1) is 13.8 Å². The lowest BCUT2D eigenvalue weighted by atomic mass is 9.96. The standard InChI is InChI=1S/C29H34N4O5S/c1-6-11-26-30-24(8-3)27(29(34)35)33(26)17-20-14-15-22(21(7-2)16-20)23-12-9-10-13-25(23)39(36,37)32-28-18(4)19(5)31-38-28/h9-10,12-16,32H,6-8,11,17H2,1-5H3,(H,34,35). The summed E-state index contributed by atoms with van der Waals surface area (Å²) >= 11 is 0. The van der Waals surface area contributed by atoms with Crippen molar-refractivity contribution in [3.05, 3.63) is 82.1 Å². The summed E-state index contributed by atoms with van der Waals surface area (Å²) in [6.45, 7) is 9.81. The van der Waals surface area contributed by atoms with Crippen molar-refractivity contribution < 1.29 is 22.8 Å². The molecule has 4 aromatic rings. The van der Waals surface area contributed by atoms with Gasteiger partial charge in [-0.15, -0.1) is 0 Å². The molecule has 0 aliphatic heterocycles. The summed E-state index contributed by atoms with van der Waals surface area (Å²) < 4.78 is 36.4. The molecule has 0 amide bonds. The highest BCUT2D eigenvalue weighted by atomic mass is 32.2. The summed E-state index contributed by atoms with van der Waals surface area (Å²) in [5, 5.41) is 13.8. The SMILES string of the molecule is CCCc1nc(CC)c(C(=O)O)n1Cc1ccc(-c2ccccc2S(=O)(=O)Nc2onc(C)c2C)c(CC)c1. The van der Waals surface area contributed by atoms with E-state index in [0.29, 0.717) is 48.3 Å². The molecule has 0 saturated heterocycles. The van der Waals surface area contributed by atoms with Gasteiger partial charge in [0, 0.05) is 24.1 Å². The lowest BCUT2D eigenvalue weighted by molar-refractivity contribution is 0.0684. The van der Waals surface area contributed by atoms with Crippen LogP contribution in [0.5, 0.6) is 0 Å². The molecule has 0 bridgehead atoms. The summed E-state index contributed by atoms with van der Waals surface area (Å²) in [7, 11) is -3.97. The van der Waals surface area contributed by atoms with Gasteiger partial charge in [0.1, 0.15) is 5.82 Å². The topological polar surface area (TPSA) is 127 Å². The van der Waals surface area contributed by atoms with Crippen molar-refractivity contribution in [2.45, 2.75) is 71.7 Å². The predicted molar refractivity (Wildman–Crippen MR) is 150 cm³/mol. The Morgan fingerprint density at radius 2 is 1.79 bits per heavy atom. The summed E-state index contributed by atoms with van der Waals surface area (Å²) in [5.41, 5.74) is 5.28. The van der Waals surface area contributed by atoms with Gasteiger partial charge in [0.25, 0.3) is 10.0 Å². The first-order valence-electron chi connectivity index (χ1n) is 13.1. The molecule has 2 aromatic heterocycles. The van der Waals surface area contributed by atoms with Crippen LogP contribution in [0.15, 0.2) is 51.9 Å². The van der Waals surface area contributed by atoms with Gasteiger partial charge in [-0.25, -0.2) is 22.9 Å². The number of hydrogen-bond donors (Lipinski definition) is 2. The second-order valence-electron chi connectivity index (χ2n) is 9.49. The second kappa shape index (κ2) is 11.4. The number of sulfonamides is 1. The maximum atomic E-state index is 13.4. The summed E-state index contributed by atoms with van der Waals surface area (Å²) in [6.07, 6.45) is 2.73. The number of aromatic nitrogens is 3. The molecule has 39 heavy (non-hydrogen) atoms. The van der Waals surface area contributed by atoms with Crippen molar-refractivity contribution >= 4 is 21.9 Å². The first-order chi connectivity index (χ1) is 18.6. The van der Waals surface area contributed by atoms with E-state index in [0.717, 1.165) is 28.9 Å². The number of carboxylic acids is 1. The summed E-state index contributed by atoms with van der Waals surface area (Å²) in [5.74, 6) is -0.135.